The Morgan fingerprint density at radius 1 is 1.03 bits per heavy atom. The standard InChI is InChI=1S/C20H25N7OS/c1-4-17(5-2)26-13-16(11-23-26)20-19-6-7-21-27(19)14-18(24-20)15-10-22-25(12-15)8-9-29(3)28/h6-7,10-14,17H,4-5,8-9H2,1-3H3. The van der Waals surface area contributed by atoms with Crippen LogP contribution in [0.15, 0.2) is 43.2 Å². The summed E-state index contributed by atoms with van der Waals surface area (Å²) in [5, 5.41) is 13.4. The molecule has 4 rings (SSSR count). The van der Waals surface area contributed by atoms with Gasteiger partial charge in [0.1, 0.15) is 5.75 Å². The first kappa shape index (κ1) is 19.7. The molecule has 9 heteroatoms. The van der Waals surface area contributed by atoms with Crippen molar-refractivity contribution in [2.24, 2.45) is 0 Å². The Kier molecular flexibility index (Phi) is 5.68. The predicted octanol–water partition coefficient (Wildman–Crippen LogP) is 3.20. The highest BCUT2D eigenvalue weighted by Crippen LogP contribution is 2.27. The summed E-state index contributed by atoms with van der Waals surface area (Å²) in [6, 6.07) is 2.34. The van der Waals surface area contributed by atoms with Crippen molar-refractivity contribution in [3.63, 3.8) is 0 Å². The van der Waals surface area contributed by atoms with Crippen LogP contribution in [0.1, 0.15) is 32.7 Å². The molecule has 0 amide bonds. The van der Waals surface area contributed by atoms with Crippen LogP contribution in [-0.2, 0) is 17.7 Å². The first-order chi connectivity index (χ1) is 14.1. The van der Waals surface area contributed by atoms with E-state index in [-0.39, 0.29) is 0 Å². The monoisotopic (exact) mass is 411 g/mol. The molecule has 0 saturated heterocycles. The maximum atomic E-state index is 11.3. The molecule has 1 atom stereocenters. The summed E-state index contributed by atoms with van der Waals surface area (Å²) in [6.45, 7) is 4.97. The van der Waals surface area contributed by atoms with Gasteiger partial charge in [0, 0.05) is 23.5 Å². The van der Waals surface area contributed by atoms with Gasteiger partial charge < -0.3 is 4.55 Å². The maximum Gasteiger partial charge on any atom is 0.124 e. The van der Waals surface area contributed by atoms with E-state index in [0.29, 0.717) is 18.3 Å². The first-order valence-corrected chi connectivity index (χ1v) is 11.5. The minimum absolute atomic E-state index is 0.384. The molecule has 0 spiro atoms. The number of aromatic nitrogens is 7. The van der Waals surface area contributed by atoms with E-state index in [0.717, 1.165) is 40.9 Å². The maximum absolute atomic E-state index is 11.3. The zero-order valence-corrected chi connectivity index (χ0v) is 17.7. The minimum Gasteiger partial charge on any atom is -0.617 e. The van der Waals surface area contributed by atoms with Crippen molar-refractivity contribution in [1.82, 2.24) is 34.2 Å². The third-order valence-corrected chi connectivity index (χ3v) is 5.88. The van der Waals surface area contributed by atoms with E-state index in [1.165, 1.54) is 0 Å². The highest BCUT2D eigenvalue weighted by Gasteiger charge is 2.15. The Balaban J connectivity index is 1.72. The average molecular weight is 412 g/mol. The molecule has 152 valence electrons. The largest absolute Gasteiger partial charge is 0.617 e. The van der Waals surface area contributed by atoms with Gasteiger partial charge in [-0.05, 0) is 18.9 Å². The second kappa shape index (κ2) is 8.38. The molecule has 4 heterocycles. The molecule has 0 aliphatic heterocycles. The molecule has 0 aromatic carbocycles. The van der Waals surface area contributed by atoms with Gasteiger partial charge in [0.25, 0.3) is 0 Å². The molecule has 8 nitrogen and oxygen atoms in total. The highest BCUT2D eigenvalue weighted by atomic mass is 32.2. The molecule has 0 bridgehead atoms. The summed E-state index contributed by atoms with van der Waals surface area (Å²) in [6.07, 6.45) is 15.1. The molecule has 4 aromatic rings. The lowest BCUT2D eigenvalue weighted by Gasteiger charge is -2.12. The van der Waals surface area contributed by atoms with E-state index in [4.69, 9.17) is 4.98 Å². The number of fused-ring (bicyclic) bond motifs is 1. The summed E-state index contributed by atoms with van der Waals surface area (Å²) < 4.78 is 17.0. The van der Waals surface area contributed by atoms with Crippen LogP contribution >= 0.6 is 0 Å². The van der Waals surface area contributed by atoms with Crippen LogP contribution in [0.25, 0.3) is 28.0 Å². The third kappa shape index (κ3) is 4.06. The molecule has 1 unspecified atom stereocenters. The lowest BCUT2D eigenvalue weighted by atomic mass is 10.1. The van der Waals surface area contributed by atoms with Crippen molar-refractivity contribution in [3.05, 3.63) is 43.2 Å². The Morgan fingerprint density at radius 3 is 2.59 bits per heavy atom. The number of aryl methyl sites for hydroxylation is 1. The summed E-state index contributed by atoms with van der Waals surface area (Å²) in [4.78, 5) is 4.92. The molecule has 0 aliphatic rings. The van der Waals surface area contributed by atoms with Gasteiger partial charge in [-0.2, -0.15) is 15.3 Å². The van der Waals surface area contributed by atoms with Crippen LogP contribution in [-0.4, -0.2) is 50.7 Å². The van der Waals surface area contributed by atoms with Gasteiger partial charge in [-0.25, -0.2) is 9.50 Å². The molecule has 0 N–H and O–H groups in total. The van der Waals surface area contributed by atoms with Gasteiger partial charge in [-0.3, -0.25) is 9.36 Å². The molecule has 0 radical (unpaired) electrons. The zero-order chi connectivity index (χ0) is 20.4. The number of rotatable bonds is 8. The second-order valence-electron chi connectivity index (χ2n) is 7.08. The van der Waals surface area contributed by atoms with E-state index in [1.54, 1.807) is 23.3 Å². The smallest absolute Gasteiger partial charge is 0.124 e. The van der Waals surface area contributed by atoms with Crippen molar-refractivity contribution in [2.75, 3.05) is 12.0 Å². The minimum atomic E-state index is -0.846. The van der Waals surface area contributed by atoms with E-state index in [9.17, 15) is 4.55 Å². The second-order valence-corrected chi connectivity index (χ2v) is 8.64. The number of hydrogen-bond acceptors (Lipinski definition) is 5. The fourth-order valence-electron chi connectivity index (χ4n) is 3.44. The lowest BCUT2D eigenvalue weighted by Crippen LogP contribution is -2.11. The third-order valence-electron chi connectivity index (χ3n) is 5.12. The van der Waals surface area contributed by atoms with Gasteiger partial charge in [0.15, 0.2) is 0 Å². The van der Waals surface area contributed by atoms with Crippen molar-refractivity contribution in [3.8, 4) is 22.5 Å². The van der Waals surface area contributed by atoms with E-state index < -0.39 is 11.2 Å². The molecule has 0 saturated carbocycles. The quantitative estimate of drug-likeness (QED) is 0.415. The SMILES string of the molecule is CCC(CC)n1cc(-c2nc(-c3cnn(CC[S+](C)[O-])c3)cn3nccc23)cn1. The molecule has 4 aromatic heterocycles. The van der Waals surface area contributed by atoms with Crippen LogP contribution in [0, 0.1) is 0 Å². The van der Waals surface area contributed by atoms with Gasteiger partial charge >= 0.3 is 0 Å². The van der Waals surface area contributed by atoms with Crippen molar-refractivity contribution < 1.29 is 4.55 Å². The van der Waals surface area contributed by atoms with E-state index >= 15 is 0 Å². The Hall–Kier alpha value is -2.65. The summed E-state index contributed by atoms with van der Waals surface area (Å²) >= 11 is -0.846. The van der Waals surface area contributed by atoms with Crippen molar-refractivity contribution >= 4 is 16.7 Å². The fraction of sp³-hybridized carbons (Fsp3) is 0.400. The Morgan fingerprint density at radius 2 is 1.83 bits per heavy atom. The molecular weight excluding hydrogens is 386 g/mol. The lowest BCUT2D eigenvalue weighted by molar-refractivity contribution is 0.428. The Labute approximate surface area is 172 Å². The number of nitrogens with zero attached hydrogens (tertiary/aromatic N) is 7. The van der Waals surface area contributed by atoms with Crippen molar-refractivity contribution in [1.29, 1.82) is 0 Å². The summed E-state index contributed by atoms with van der Waals surface area (Å²) in [7, 11) is 0. The first-order valence-electron chi connectivity index (χ1n) is 9.80. The topological polar surface area (TPSA) is 88.9 Å². The normalized spacial score (nSPS) is 12.9. The molecule has 0 fully saturated rings. The van der Waals surface area contributed by atoms with Crippen LogP contribution < -0.4 is 0 Å². The average Bonchev–Trinajstić information content (AvgIpc) is 3.46. The highest BCUT2D eigenvalue weighted by molar-refractivity contribution is 7.90. The van der Waals surface area contributed by atoms with Gasteiger partial charge in [-0.1, -0.05) is 25.0 Å². The number of hydrogen-bond donors (Lipinski definition) is 0. The summed E-state index contributed by atoms with van der Waals surface area (Å²) in [5.41, 5.74) is 4.44. The van der Waals surface area contributed by atoms with Crippen LogP contribution in [0.5, 0.6) is 0 Å². The molecule has 0 aliphatic carbocycles. The van der Waals surface area contributed by atoms with Crippen LogP contribution in [0.2, 0.25) is 0 Å². The summed E-state index contributed by atoms with van der Waals surface area (Å²) in [5.74, 6) is 0.577. The van der Waals surface area contributed by atoms with E-state index in [2.05, 4.69) is 35.3 Å². The van der Waals surface area contributed by atoms with E-state index in [1.807, 2.05) is 33.9 Å². The van der Waals surface area contributed by atoms with Crippen LogP contribution in [0.3, 0.4) is 0 Å². The molecule has 29 heavy (non-hydrogen) atoms. The fourth-order valence-corrected chi connectivity index (χ4v) is 3.89. The Bertz CT molecular complexity index is 1090. The molecular formula is C20H25N7OS. The predicted molar refractivity (Wildman–Crippen MR) is 114 cm³/mol. The van der Waals surface area contributed by atoms with Gasteiger partial charge in [-0.15, -0.1) is 0 Å². The van der Waals surface area contributed by atoms with Gasteiger partial charge in [0.2, 0.25) is 0 Å². The van der Waals surface area contributed by atoms with Crippen molar-refractivity contribution in [2.45, 2.75) is 39.3 Å². The van der Waals surface area contributed by atoms with Crippen LogP contribution in [0.4, 0.5) is 0 Å². The zero-order valence-electron chi connectivity index (χ0n) is 16.9. The van der Waals surface area contributed by atoms with Gasteiger partial charge in [0.05, 0.1) is 60.5 Å².